The van der Waals surface area contributed by atoms with E-state index in [1.165, 1.54) is 11.1 Å². The normalized spacial score (nSPS) is 25.1. The van der Waals surface area contributed by atoms with E-state index in [0.29, 0.717) is 25.2 Å². The van der Waals surface area contributed by atoms with Gasteiger partial charge in [0, 0.05) is 43.7 Å². The van der Waals surface area contributed by atoms with Crippen LogP contribution in [0.25, 0.3) is 0 Å². The Balaban J connectivity index is 1.23. The predicted molar refractivity (Wildman–Crippen MR) is 176 cm³/mol. The van der Waals surface area contributed by atoms with Gasteiger partial charge in [0.25, 0.3) is 5.91 Å². The monoisotopic (exact) mass is 610 g/mol. The number of benzene rings is 1. The van der Waals surface area contributed by atoms with E-state index in [0.717, 1.165) is 74.3 Å². The molecule has 4 amide bonds. The van der Waals surface area contributed by atoms with Crippen LogP contribution >= 0.6 is 0 Å². The minimum atomic E-state index is -0.639. The molecule has 1 N–H and O–H groups in total. The molecule has 0 spiro atoms. The molecule has 1 atom stereocenters. The second kappa shape index (κ2) is 14.8. The smallest absolute Gasteiger partial charge is 0.258 e. The summed E-state index contributed by atoms with van der Waals surface area (Å²) < 4.78 is 0. The number of aryl methyl sites for hydroxylation is 1. The summed E-state index contributed by atoms with van der Waals surface area (Å²) in [5.74, 6) is -0.314. The highest BCUT2D eigenvalue weighted by molar-refractivity contribution is 6.01. The van der Waals surface area contributed by atoms with Gasteiger partial charge in [0.2, 0.25) is 17.7 Å². The molecule has 4 aliphatic rings. The van der Waals surface area contributed by atoms with Crippen LogP contribution in [-0.4, -0.2) is 70.5 Å². The number of fused-ring (bicyclic) bond motifs is 1. The summed E-state index contributed by atoms with van der Waals surface area (Å²) in [4.78, 5) is 56.8. The molecule has 0 bridgehead atoms. The van der Waals surface area contributed by atoms with Gasteiger partial charge >= 0.3 is 0 Å². The zero-order valence-electron chi connectivity index (χ0n) is 26.7. The van der Waals surface area contributed by atoms with Crippen molar-refractivity contribution < 1.29 is 19.2 Å². The number of hydrogen-bond donors (Lipinski definition) is 1. The zero-order valence-corrected chi connectivity index (χ0v) is 26.7. The van der Waals surface area contributed by atoms with Crippen molar-refractivity contribution >= 4 is 23.6 Å². The first-order valence-corrected chi connectivity index (χ1v) is 16.4. The molecule has 2 fully saturated rings. The van der Waals surface area contributed by atoms with Gasteiger partial charge in [-0.1, -0.05) is 49.1 Å². The molecule has 8 nitrogen and oxygen atoms in total. The number of rotatable bonds is 6. The molecule has 2 saturated heterocycles. The number of carbonyl (C=O) groups is 4. The number of nitrogens with zero attached hydrogens (tertiary/aromatic N) is 3. The van der Waals surface area contributed by atoms with Gasteiger partial charge in [-0.2, -0.15) is 0 Å². The summed E-state index contributed by atoms with van der Waals surface area (Å²) in [5.41, 5.74) is 6.08. The van der Waals surface area contributed by atoms with Gasteiger partial charge in [0.15, 0.2) is 0 Å². The molecule has 4 aliphatic heterocycles. The van der Waals surface area contributed by atoms with Gasteiger partial charge in [0.05, 0.1) is 0 Å². The van der Waals surface area contributed by atoms with Crippen LogP contribution in [0.1, 0.15) is 80.3 Å². The van der Waals surface area contributed by atoms with E-state index in [2.05, 4.69) is 53.2 Å². The van der Waals surface area contributed by atoms with Crippen LogP contribution in [0.5, 0.6) is 0 Å². The molecule has 0 aromatic heterocycles. The van der Waals surface area contributed by atoms with Crippen molar-refractivity contribution in [2.75, 3.05) is 26.2 Å². The molecule has 1 aromatic carbocycles. The predicted octanol–water partition coefficient (Wildman–Crippen LogP) is 5.23. The number of imide groups is 1. The van der Waals surface area contributed by atoms with E-state index in [1.54, 1.807) is 4.90 Å². The van der Waals surface area contributed by atoms with Crippen LogP contribution in [0.4, 0.5) is 0 Å². The highest BCUT2D eigenvalue weighted by Crippen LogP contribution is 2.30. The first-order chi connectivity index (χ1) is 21.8. The van der Waals surface area contributed by atoms with Crippen molar-refractivity contribution in [3.63, 3.8) is 0 Å². The van der Waals surface area contributed by atoms with Gasteiger partial charge in [0.1, 0.15) is 6.04 Å². The fraction of sp³-hybridized carbons (Fsp3) is 0.459. The van der Waals surface area contributed by atoms with Crippen molar-refractivity contribution in [3.05, 3.63) is 94.8 Å². The van der Waals surface area contributed by atoms with Gasteiger partial charge in [-0.15, -0.1) is 0 Å². The van der Waals surface area contributed by atoms with E-state index in [9.17, 15) is 19.2 Å². The third-order valence-electron chi connectivity index (χ3n) is 9.37. The Kier molecular flexibility index (Phi) is 10.7. The molecule has 8 heteroatoms. The Hall–Kier alpha value is -4.04. The minimum absolute atomic E-state index is 0.0853. The number of carbonyl (C=O) groups excluding carboxylic acids is 4. The Bertz CT molecular complexity index is 1460. The molecule has 238 valence electrons. The first kappa shape index (κ1) is 32.4. The lowest BCUT2D eigenvalue weighted by Crippen LogP contribution is -2.54. The second-order valence-electron chi connectivity index (χ2n) is 12.5. The summed E-state index contributed by atoms with van der Waals surface area (Å²) >= 11 is 0. The number of allylic oxidation sites excluding steroid dienone is 6. The van der Waals surface area contributed by atoms with Crippen LogP contribution in [-0.2, 0) is 27.3 Å². The van der Waals surface area contributed by atoms with E-state index in [-0.39, 0.29) is 30.7 Å². The Morgan fingerprint density at radius 3 is 2.56 bits per heavy atom. The molecule has 0 aliphatic carbocycles. The van der Waals surface area contributed by atoms with Gasteiger partial charge in [-0.3, -0.25) is 29.4 Å². The summed E-state index contributed by atoms with van der Waals surface area (Å²) in [6, 6.07) is 5.80. The summed E-state index contributed by atoms with van der Waals surface area (Å²) in [6.45, 7) is 11.9. The Morgan fingerprint density at radius 1 is 1.02 bits per heavy atom. The molecule has 1 aromatic rings. The molecular formula is C37H46N4O4. The largest absolute Gasteiger partial charge is 0.326 e. The molecule has 45 heavy (non-hydrogen) atoms. The van der Waals surface area contributed by atoms with E-state index in [1.807, 2.05) is 37.0 Å². The standard InChI is InChI=1S/C37H46N4O4/c1-4-9-31(5-2)40-19-8-11-29-14-13-27(23-32(29)37(40)45)25-39-20-17-28(18-21-39)30-10-6-7-12-35(43)41(24-26(3)22-30)33-15-16-34(42)38-36(33)44/h4-6,9-10,13-14,22-23,28,33H,3,7-8,11-12,15-21,24-25H2,1-2H3,(H,38,42,44)/b9-4-,10-6-,30-22+,31-5+. The summed E-state index contributed by atoms with van der Waals surface area (Å²) in [7, 11) is 0. The number of nitrogens with one attached hydrogen (secondary N) is 1. The fourth-order valence-electron chi connectivity index (χ4n) is 6.98. The lowest BCUT2D eigenvalue weighted by Gasteiger charge is -2.35. The lowest BCUT2D eigenvalue weighted by molar-refractivity contribution is -0.145. The summed E-state index contributed by atoms with van der Waals surface area (Å²) in [5, 5.41) is 2.38. The molecule has 0 saturated carbocycles. The number of hydrogen-bond acceptors (Lipinski definition) is 5. The van der Waals surface area contributed by atoms with Gasteiger partial charge < -0.3 is 9.80 Å². The van der Waals surface area contributed by atoms with Crippen molar-refractivity contribution in [3.8, 4) is 0 Å². The van der Waals surface area contributed by atoms with Crippen LogP contribution in [0.15, 0.2) is 78.1 Å². The van der Waals surface area contributed by atoms with Crippen molar-refractivity contribution in [2.24, 2.45) is 5.92 Å². The van der Waals surface area contributed by atoms with Crippen LogP contribution in [0.2, 0.25) is 0 Å². The highest BCUT2D eigenvalue weighted by atomic mass is 16.2. The van der Waals surface area contributed by atoms with Crippen LogP contribution < -0.4 is 5.32 Å². The van der Waals surface area contributed by atoms with Crippen molar-refractivity contribution in [1.82, 2.24) is 20.0 Å². The fourth-order valence-corrected chi connectivity index (χ4v) is 6.98. The Labute approximate surface area is 267 Å². The second-order valence-corrected chi connectivity index (χ2v) is 12.5. The molecule has 1 unspecified atom stereocenters. The highest BCUT2D eigenvalue weighted by Gasteiger charge is 2.34. The van der Waals surface area contributed by atoms with Gasteiger partial charge in [-0.25, -0.2) is 0 Å². The zero-order chi connectivity index (χ0) is 31.9. The minimum Gasteiger partial charge on any atom is -0.326 e. The SMILES string of the molecule is C=C1/C=C(C2CCN(Cc3ccc4c(c3)C(=O)N(C(/C=C\C)=C/C)CCC4)CC2)\C=C/CCC(=O)N(C2CCC(=O)NC2=O)C1. The third-order valence-corrected chi connectivity index (χ3v) is 9.37. The summed E-state index contributed by atoms with van der Waals surface area (Å²) in [6.07, 6.45) is 17.6. The maximum absolute atomic E-state index is 13.6. The van der Waals surface area contributed by atoms with Gasteiger partial charge in [-0.05, 0) is 106 Å². The average Bonchev–Trinajstić information content (AvgIpc) is 3.19. The number of amides is 4. The third kappa shape index (κ3) is 7.79. The maximum atomic E-state index is 13.6. The van der Waals surface area contributed by atoms with Crippen LogP contribution in [0.3, 0.4) is 0 Å². The van der Waals surface area contributed by atoms with E-state index >= 15 is 0 Å². The average molecular weight is 611 g/mol. The van der Waals surface area contributed by atoms with E-state index < -0.39 is 11.9 Å². The molecule has 4 heterocycles. The number of likely N-dealkylation sites (tertiary alicyclic amines) is 1. The molecular weight excluding hydrogens is 564 g/mol. The van der Waals surface area contributed by atoms with Crippen molar-refractivity contribution in [2.45, 2.75) is 77.8 Å². The molecule has 5 rings (SSSR count). The lowest BCUT2D eigenvalue weighted by atomic mass is 9.87. The maximum Gasteiger partial charge on any atom is 0.258 e. The quantitative estimate of drug-likeness (QED) is 0.352. The Morgan fingerprint density at radius 2 is 1.82 bits per heavy atom. The molecule has 0 radical (unpaired) electrons. The van der Waals surface area contributed by atoms with Crippen LogP contribution in [0, 0.1) is 5.92 Å². The first-order valence-electron chi connectivity index (χ1n) is 16.4. The number of piperidine rings is 2. The topological polar surface area (TPSA) is 90.0 Å². The van der Waals surface area contributed by atoms with Crippen molar-refractivity contribution in [1.29, 1.82) is 0 Å². The van der Waals surface area contributed by atoms with E-state index in [4.69, 9.17) is 0 Å².